The molecule has 0 spiro atoms. The molecule has 0 N–H and O–H groups in total. The summed E-state index contributed by atoms with van der Waals surface area (Å²) >= 11 is 0. The second-order valence-electron chi connectivity index (χ2n) is 1.84. The summed E-state index contributed by atoms with van der Waals surface area (Å²) in [6.07, 6.45) is 0. The Bertz CT molecular complexity index is 154. The maximum absolute atomic E-state index is 10.7. The molecule has 64 valence electrons. The molecule has 0 fully saturated rings. The molecule has 11 heavy (non-hydrogen) atoms. The third kappa shape index (κ3) is 5.39. The van der Waals surface area contributed by atoms with E-state index in [1.807, 2.05) is 0 Å². The molecule has 0 aliphatic carbocycles. The Hall–Kier alpha value is -1.06. The summed E-state index contributed by atoms with van der Waals surface area (Å²) in [5.74, 6) is 0.155. The van der Waals surface area contributed by atoms with Crippen molar-refractivity contribution < 1.29 is 14.3 Å². The fraction of sp³-hybridized carbons (Fsp3) is 0.714. The minimum atomic E-state index is -0.330. The molecule has 0 aromatic carbocycles. The van der Waals surface area contributed by atoms with E-state index < -0.39 is 0 Å². The van der Waals surface area contributed by atoms with E-state index in [9.17, 15) is 4.79 Å². The Morgan fingerprint density at radius 3 is 2.64 bits per heavy atom. The zero-order valence-corrected chi connectivity index (χ0v) is 7.09. The lowest BCUT2D eigenvalue weighted by molar-refractivity contribution is -0.141. The topological polar surface area (TPSA) is 47.9 Å². The van der Waals surface area contributed by atoms with Crippen molar-refractivity contribution in [2.75, 3.05) is 20.3 Å². The van der Waals surface area contributed by atoms with Gasteiger partial charge in [0.25, 0.3) is 0 Å². The van der Waals surface area contributed by atoms with Gasteiger partial charge in [0.05, 0.1) is 13.7 Å². The number of ether oxygens (including phenoxy) is 2. The van der Waals surface area contributed by atoms with Gasteiger partial charge in [0.2, 0.25) is 0 Å². The quantitative estimate of drug-likeness (QED) is 0.344. The van der Waals surface area contributed by atoms with E-state index in [1.165, 1.54) is 7.11 Å². The molecular weight excluding hydrogens is 146 g/mol. The number of nitrogens with zero attached hydrogens (tertiary/aromatic N) is 1. The SMILES string of the molecule is CCOC(=O)CN=C(C)OC. The van der Waals surface area contributed by atoms with E-state index in [0.29, 0.717) is 12.5 Å². The molecule has 0 unspecified atom stereocenters. The monoisotopic (exact) mass is 159 g/mol. The van der Waals surface area contributed by atoms with Crippen molar-refractivity contribution in [3.63, 3.8) is 0 Å². The lowest BCUT2D eigenvalue weighted by Gasteiger charge is -1.98. The Kier molecular flexibility index (Phi) is 5.15. The summed E-state index contributed by atoms with van der Waals surface area (Å²) in [4.78, 5) is 14.5. The Balaban J connectivity index is 3.60. The number of carbonyl (C=O) groups is 1. The van der Waals surface area contributed by atoms with Crippen molar-refractivity contribution >= 4 is 11.9 Å². The van der Waals surface area contributed by atoms with Gasteiger partial charge in [-0.05, 0) is 6.92 Å². The molecule has 0 bridgehead atoms. The molecule has 4 nitrogen and oxygen atoms in total. The number of hydrogen-bond acceptors (Lipinski definition) is 4. The van der Waals surface area contributed by atoms with Crippen LogP contribution in [-0.4, -0.2) is 32.1 Å². The molecule has 0 radical (unpaired) electrons. The largest absolute Gasteiger partial charge is 0.484 e. The molecule has 4 heteroatoms. The molecule has 0 atom stereocenters. The molecule has 0 saturated carbocycles. The molecular formula is C7H13NO3. The number of carbonyl (C=O) groups excluding carboxylic acids is 1. The third-order valence-corrected chi connectivity index (χ3v) is 1.03. The lowest BCUT2D eigenvalue weighted by Crippen LogP contribution is -2.09. The van der Waals surface area contributed by atoms with Gasteiger partial charge in [0.1, 0.15) is 6.54 Å². The zero-order chi connectivity index (χ0) is 8.69. The van der Waals surface area contributed by atoms with Crippen LogP contribution in [0.4, 0.5) is 0 Å². The van der Waals surface area contributed by atoms with Gasteiger partial charge in [0, 0.05) is 6.92 Å². The van der Waals surface area contributed by atoms with E-state index in [2.05, 4.69) is 9.73 Å². The molecule has 0 aromatic rings. The Morgan fingerprint density at radius 2 is 2.18 bits per heavy atom. The first kappa shape index (κ1) is 9.94. The minimum absolute atomic E-state index is 0.0352. The summed E-state index contributed by atoms with van der Waals surface area (Å²) in [6, 6.07) is 0. The molecule has 0 saturated heterocycles. The van der Waals surface area contributed by atoms with Crippen molar-refractivity contribution in [1.29, 1.82) is 0 Å². The highest BCUT2D eigenvalue weighted by molar-refractivity contribution is 5.78. The maximum atomic E-state index is 10.7. The predicted molar refractivity (Wildman–Crippen MR) is 41.6 cm³/mol. The van der Waals surface area contributed by atoms with Crippen LogP contribution in [-0.2, 0) is 14.3 Å². The maximum Gasteiger partial charge on any atom is 0.327 e. The number of rotatable bonds is 3. The Labute approximate surface area is 66.2 Å². The average Bonchev–Trinajstić information content (AvgIpc) is 2.01. The van der Waals surface area contributed by atoms with Crippen LogP contribution < -0.4 is 0 Å². The highest BCUT2D eigenvalue weighted by atomic mass is 16.5. The highest BCUT2D eigenvalue weighted by Gasteiger charge is 1.98. The van der Waals surface area contributed by atoms with Crippen LogP contribution in [0.15, 0.2) is 4.99 Å². The van der Waals surface area contributed by atoms with Crippen molar-refractivity contribution in [1.82, 2.24) is 0 Å². The smallest absolute Gasteiger partial charge is 0.327 e. The van der Waals surface area contributed by atoms with Crippen molar-refractivity contribution in [3.8, 4) is 0 Å². The van der Waals surface area contributed by atoms with Gasteiger partial charge < -0.3 is 9.47 Å². The molecule has 0 aromatic heterocycles. The van der Waals surface area contributed by atoms with Crippen LogP contribution in [0.1, 0.15) is 13.8 Å². The van der Waals surface area contributed by atoms with Gasteiger partial charge in [-0.15, -0.1) is 0 Å². The summed E-state index contributed by atoms with van der Waals surface area (Å²) < 4.78 is 9.36. The van der Waals surface area contributed by atoms with Crippen LogP contribution in [0.2, 0.25) is 0 Å². The number of esters is 1. The summed E-state index contributed by atoms with van der Waals surface area (Å²) in [7, 11) is 1.50. The van der Waals surface area contributed by atoms with Gasteiger partial charge in [-0.25, -0.2) is 4.99 Å². The number of hydrogen-bond donors (Lipinski definition) is 0. The van der Waals surface area contributed by atoms with Crippen molar-refractivity contribution in [3.05, 3.63) is 0 Å². The minimum Gasteiger partial charge on any atom is -0.484 e. The normalized spacial score (nSPS) is 11.0. The highest BCUT2D eigenvalue weighted by Crippen LogP contribution is 1.82. The van der Waals surface area contributed by atoms with Crippen LogP contribution in [0.5, 0.6) is 0 Å². The van der Waals surface area contributed by atoms with Gasteiger partial charge >= 0.3 is 5.97 Å². The standard InChI is InChI=1S/C7H13NO3/c1-4-11-7(9)5-8-6(2)10-3/h4-5H2,1-3H3. The van der Waals surface area contributed by atoms with Crippen LogP contribution in [0.3, 0.4) is 0 Å². The summed E-state index contributed by atoms with van der Waals surface area (Å²) in [5, 5.41) is 0. The van der Waals surface area contributed by atoms with Gasteiger partial charge in [-0.2, -0.15) is 0 Å². The van der Waals surface area contributed by atoms with Crippen LogP contribution >= 0.6 is 0 Å². The second kappa shape index (κ2) is 5.70. The molecule has 0 rings (SSSR count). The second-order valence-corrected chi connectivity index (χ2v) is 1.84. The molecule has 0 aliphatic heterocycles. The van der Waals surface area contributed by atoms with E-state index in [0.717, 1.165) is 0 Å². The summed E-state index contributed by atoms with van der Waals surface area (Å²) in [6.45, 7) is 3.86. The first-order chi connectivity index (χ1) is 5.20. The Morgan fingerprint density at radius 1 is 1.55 bits per heavy atom. The number of methoxy groups -OCH3 is 1. The molecule has 0 heterocycles. The van der Waals surface area contributed by atoms with Crippen LogP contribution in [0, 0.1) is 0 Å². The van der Waals surface area contributed by atoms with Gasteiger partial charge in [-0.1, -0.05) is 0 Å². The molecule has 0 amide bonds. The van der Waals surface area contributed by atoms with Gasteiger partial charge in [0.15, 0.2) is 5.90 Å². The van der Waals surface area contributed by atoms with E-state index in [4.69, 9.17) is 4.74 Å². The third-order valence-electron chi connectivity index (χ3n) is 1.03. The van der Waals surface area contributed by atoms with Gasteiger partial charge in [-0.3, -0.25) is 4.79 Å². The van der Waals surface area contributed by atoms with E-state index in [-0.39, 0.29) is 12.5 Å². The predicted octanol–water partition coefficient (Wildman–Crippen LogP) is 0.614. The first-order valence-corrected chi connectivity index (χ1v) is 3.41. The number of aliphatic imine (C=N–C) groups is 1. The van der Waals surface area contributed by atoms with Crippen LogP contribution in [0.25, 0.3) is 0 Å². The molecule has 0 aliphatic rings. The van der Waals surface area contributed by atoms with E-state index >= 15 is 0 Å². The summed E-state index contributed by atoms with van der Waals surface area (Å²) in [5.41, 5.74) is 0. The van der Waals surface area contributed by atoms with Crippen molar-refractivity contribution in [2.24, 2.45) is 4.99 Å². The van der Waals surface area contributed by atoms with E-state index in [1.54, 1.807) is 13.8 Å². The first-order valence-electron chi connectivity index (χ1n) is 3.41. The average molecular weight is 159 g/mol. The fourth-order valence-electron chi connectivity index (χ4n) is 0.447. The zero-order valence-electron chi connectivity index (χ0n) is 7.09. The van der Waals surface area contributed by atoms with Crippen molar-refractivity contribution in [2.45, 2.75) is 13.8 Å². The fourth-order valence-corrected chi connectivity index (χ4v) is 0.447. The lowest BCUT2D eigenvalue weighted by atomic mass is 10.6.